The number of halogens is 2. The molecule has 0 radical (unpaired) electrons. The largest absolute Gasteiger partial charge is 0.497 e. The Kier molecular flexibility index (Phi) is 4.74. The number of nitrogens with zero attached hydrogens (tertiary/aromatic N) is 1. The Labute approximate surface area is 166 Å². The van der Waals surface area contributed by atoms with Gasteiger partial charge in [0.15, 0.2) is 0 Å². The highest BCUT2D eigenvalue weighted by molar-refractivity contribution is 6.07. The van der Waals surface area contributed by atoms with Crippen molar-refractivity contribution in [1.29, 1.82) is 0 Å². The van der Waals surface area contributed by atoms with Crippen molar-refractivity contribution < 1.29 is 28.2 Å². The number of aliphatic hydroxyl groups excluding tert-OH is 1. The van der Waals surface area contributed by atoms with E-state index in [0.717, 1.165) is 29.0 Å². The molecule has 2 N–H and O–H groups in total. The first-order chi connectivity index (χ1) is 13.9. The zero-order valence-corrected chi connectivity index (χ0v) is 15.7. The molecule has 3 amide bonds. The quantitative estimate of drug-likeness (QED) is 0.771. The number of ether oxygens (including phenoxy) is 1. The fourth-order valence-electron chi connectivity index (χ4n) is 4.19. The van der Waals surface area contributed by atoms with Gasteiger partial charge in [0.2, 0.25) is 0 Å². The van der Waals surface area contributed by atoms with Crippen molar-refractivity contribution in [2.75, 3.05) is 13.7 Å². The maximum atomic E-state index is 14.0. The molecule has 0 bridgehead atoms. The molecule has 0 aromatic heterocycles. The summed E-state index contributed by atoms with van der Waals surface area (Å²) in [6, 6.07) is 7.46. The van der Waals surface area contributed by atoms with Gasteiger partial charge in [-0.2, -0.15) is 0 Å². The van der Waals surface area contributed by atoms with Crippen LogP contribution in [0.5, 0.6) is 5.75 Å². The topological polar surface area (TPSA) is 78.9 Å². The number of aliphatic hydroxyl groups is 1. The van der Waals surface area contributed by atoms with Crippen molar-refractivity contribution >= 4 is 11.9 Å². The van der Waals surface area contributed by atoms with Crippen molar-refractivity contribution in [3.05, 3.63) is 64.7 Å². The van der Waals surface area contributed by atoms with Gasteiger partial charge in [0.25, 0.3) is 5.91 Å². The van der Waals surface area contributed by atoms with E-state index in [9.17, 15) is 23.5 Å². The van der Waals surface area contributed by atoms with E-state index in [0.29, 0.717) is 30.2 Å². The van der Waals surface area contributed by atoms with Crippen LogP contribution in [0.4, 0.5) is 13.6 Å². The van der Waals surface area contributed by atoms with Gasteiger partial charge in [-0.15, -0.1) is 0 Å². The van der Waals surface area contributed by atoms with Crippen LogP contribution < -0.4 is 10.1 Å². The van der Waals surface area contributed by atoms with Crippen LogP contribution in [0.1, 0.15) is 35.6 Å². The summed E-state index contributed by atoms with van der Waals surface area (Å²) in [5.41, 5.74) is 0.226. The number of β-amino-alcohol motifs (C(OH)–C–C–N with tert-alkyl or cyclic N) is 1. The Hall–Kier alpha value is -3.00. The number of hydrogen-bond donors (Lipinski definition) is 2. The molecule has 1 fully saturated rings. The molecule has 8 heteroatoms. The van der Waals surface area contributed by atoms with Crippen LogP contribution in [-0.4, -0.2) is 35.6 Å². The molecule has 4 rings (SSSR count). The van der Waals surface area contributed by atoms with Gasteiger partial charge in [-0.1, -0.05) is 12.1 Å². The lowest BCUT2D eigenvalue weighted by Crippen LogP contribution is -2.46. The summed E-state index contributed by atoms with van der Waals surface area (Å²) in [6.07, 6.45) is 0.393. The van der Waals surface area contributed by atoms with E-state index in [2.05, 4.69) is 5.32 Å². The number of amides is 3. The van der Waals surface area contributed by atoms with Crippen LogP contribution in [0.15, 0.2) is 36.4 Å². The second-order valence-corrected chi connectivity index (χ2v) is 7.31. The number of benzene rings is 2. The molecule has 2 aromatic carbocycles. The maximum absolute atomic E-state index is 14.0. The van der Waals surface area contributed by atoms with Crippen LogP contribution in [0, 0.1) is 11.6 Å². The zero-order valence-electron chi connectivity index (χ0n) is 15.7. The van der Waals surface area contributed by atoms with Crippen molar-refractivity contribution in [2.45, 2.75) is 30.9 Å². The number of aryl methyl sites for hydroxylation is 1. The summed E-state index contributed by atoms with van der Waals surface area (Å²) in [4.78, 5) is 26.8. The molecule has 6 nitrogen and oxygen atoms in total. The van der Waals surface area contributed by atoms with Crippen molar-refractivity contribution in [3.63, 3.8) is 0 Å². The summed E-state index contributed by atoms with van der Waals surface area (Å²) < 4.78 is 32.3. The average molecular weight is 402 g/mol. The first kappa shape index (κ1) is 19.3. The maximum Gasteiger partial charge on any atom is 0.325 e. The van der Waals surface area contributed by atoms with Gasteiger partial charge in [0.05, 0.1) is 19.8 Å². The monoisotopic (exact) mass is 402 g/mol. The minimum atomic E-state index is -1.47. The van der Waals surface area contributed by atoms with Gasteiger partial charge in [-0.05, 0) is 48.6 Å². The van der Waals surface area contributed by atoms with E-state index < -0.39 is 41.8 Å². The van der Waals surface area contributed by atoms with E-state index >= 15 is 0 Å². The zero-order chi connectivity index (χ0) is 20.8. The molecule has 2 aliphatic rings. The summed E-state index contributed by atoms with van der Waals surface area (Å²) >= 11 is 0. The molecule has 1 saturated heterocycles. The van der Waals surface area contributed by atoms with Gasteiger partial charge in [0, 0.05) is 11.6 Å². The second kappa shape index (κ2) is 7.11. The second-order valence-electron chi connectivity index (χ2n) is 7.31. The normalized spacial score (nSPS) is 21.9. The number of urea groups is 1. The number of methoxy groups -OCH3 is 1. The highest BCUT2D eigenvalue weighted by Gasteiger charge is 2.54. The van der Waals surface area contributed by atoms with Crippen LogP contribution in [-0.2, 0) is 16.8 Å². The number of nitrogens with one attached hydrogen (secondary N) is 1. The van der Waals surface area contributed by atoms with Crippen LogP contribution in [0.3, 0.4) is 0 Å². The molecule has 29 heavy (non-hydrogen) atoms. The molecular formula is C21H20F2N2O4. The van der Waals surface area contributed by atoms with E-state index in [1.807, 2.05) is 6.07 Å². The summed E-state index contributed by atoms with van der Waals surface area (Å²) in [7, 11) is 1.56. The summed E-state index contributed by atoms with van der Waals surface area (Å²) in [5.74, 6) is -1.54. The van der Waals surface area contributed by atoms with E-state index in [-0.39, 0.29) is 5.56 Å². The molecule has 2 unspecified atom stereocenters. The van der Waals surface area contributed by atoms with Crippen molar-refractivity contribution in [1.82, 2.24) is 10.2 Å². The van der Waals surface area contributed by atoms with Crippen molar-refractivity contribution in [2.24, 2.45) is 0 Å². The summed E-state index contributed by atoms with van der Waals surface area (Å²) in [6.45, 7) is -0.430. The fraction of sp³-hybridized carbons (Fsp3) is 0.333. The molecule has 1 aliphatic heterocycles. The molecule has 152 valence electrons. The van der Waals surface area contributed by atoms with E-state index in [1.54, 1.807) is 19.2 Å². The molecular weight excluding hydrogens is 382 g/mol. The average Bonchev–Trinajstić information content (AvgIpc) is 2.92. The predicted molar refractivity (Wildman–Crippen MR) is 99.2 cm³/mol. The Morgan fingerprint density at radius 3 is 2.76 bits per heavy atom. The molecule has 0 saturated carbocycles. The van der Waals surface area contributed by atoms with E-state index in [4.69, 9.17) is 4.74 Å². The fourth-order valence-corrected chi connectivity index (χ4v) is 4.19. The molecule has 1 spiro atoms. The van der Waals surface area contributed by atoms with Crippen molar-refractivity contribution in [3.8, 4) is 5.75 Å². The minimum Gasteiger partial charge on any atom is -0.497 e. The number of hydrogen-bond acceptors (Lipinski definition) is 4. The lowest BCUT2D eigenvalue weighted by molar-refractivity contribution is -0.133. The Bertz CT molecular complexity index is 997. The van der Waals surface area contributed by atoms with E-state index in [1.165, 1.54) is 0 Å². The van der Waals surface area contributed by atoms with Gasteiger partial charge >= 0.3 is 6.03 Å². The standard InChI is InChI=1S/C21H20F2N2O4/c1-29-14-5-7-16-12(9-14)3-2-8-21(16)19(27)25(20(28)24-21)11-18(26)15-6-4-13(22)10-17(15)23/h4-7,9-10,18,26H,2-3,8,11H2,1H3,(H,24,28). The number of rotatable bonds is 4. The molecule has 2 aromatic rings. The lowest BCUT2D eigenvalue weighted by Gasteiger charge is -2.33. The van der Waals surface area contributed by atoms with Gasteiger partial charge in [-0.3, -0.25) is 9.69 Å². The smallest absolute Gasteiger partial charge is 0.325 e. The molecule has 2 atom stereocenters. The third-order valence-electron chi connectivity index (χ3n) is 5.62. The number of imide groups is 1. The van der Waals surface area contributed by atoms with Gasteiger partial charge in [-0.25, -0.2) is 13.6 Å². The lowest BCUT2D eigenvalue weighted by atomic mass is 9.76. The Balaban J connectivity index is 1.63. The highest BCUT2D eigenvalue weighted by Crippen LogP contribution is 2.41. The van der Waals surface area contributed by atoms with Crippen LogP contribution in [0.2, 0.25) is 0 Å². The van der Waals surface area contributed by atoms with Crippen LogP contribution in [0.25, 0.3) is 0 Å². The third-order valence-corrected chi connectivity index (χ3v) is 5.62. The SMILES string of the molecule is COc1ccc2c(c1)CCCC21NC(=O)N(CC(O)c2ccc(F)cc2F)C1=O. The number of carbonyl (C=O) groups is 2. The number of fused-ring (bicyclic) bond motifs is 2. The van der Waals surface area contributed by atoms with Crippen LogP contribution >= 0.6 is 0 Å². The molecule has 1 aliphatic carbocycles. The minimum absolute atomic E-state index is 0.179. The van der Waals surface area contributed by atoms with Gasteiger partial charge in [0.1, 0.15) is 22.9 Å². The van der Waals surface area contributed by atoms with Gasteiger partial charge < -0.3 is 15.2 Å². The highest BCUT2D eigenvalue weighted by atomic mass is 19.1. The first-order valence-electron chi connectivity index (χ1n) is 9.30. The number of carbonyl (C=O) groups excluding carboxylic acids is 2. The third kappa shape index (κ3) is 3.13. The molecule has 1 heterocycles. The Morgan fingerprint density at radius 1 is 1.24 bits per heavy atom. The summed E-state index contributed by atoms with van der Waals surface area (Å²) in [5, 5.41) is 13.2. The predicted octanol–water partition coefficient (Wildman–Crippen LogP) is 2.79. The Morgan fingerprint density at radius 2 is 2.03 bits per heavy atom. The first-order valence-corrected chi connectivity index (χ1v) is 9.30.